The molecule has 1 aromatic heterocycles. The smallest absolute Gasteiger partial charge is 0.326 e. The third-order valence-electron chi connectivity index (χ3n) is 5.12. The largest absolute Gasteiger partial charge is 0.480 e. The first kappa shape index (κ1) is 29.9. The number of primary amides is 1. The van der Waals surface area contributed by atoms with Crippen LogP contribution in [0.3, 0.4) is 0 Å². The minimum atomic E-state index is -1.26. The van der Waals surface area contributed by atoms with E-state index in [-0.39, 0.29) is 19.3 Å². The van der Waals surface area contributed by atoms with Crippen molar-refractivity contribution in [1.82, 2.24) is 25.9 Å². The van der Waals surface area contributed by atoms with Crippen molar-refractivity contribution in [3.63, 3.8) is 0 Å². The number of nitrogens with zero attached hydrogens (tertiary/aromatic N) is 1. The van der Waals surface area contributed by atoms with Gasteiger partial charge in [-0.3, -0.25) is 19.2 Å². The minimum Gasteiger partial charge on any atom is -0.480 e. The number of carboxylic acids is 1. The quantitative estimate of drug-likeness (QED) is 0.136. The lowest BCUT2D eigenvalue weighted by molar-refractivity contribution is -0.143. The molecule has 0 aromatic carbocycles. The fourth-order valence-electron chi connectivity index (χ4n) is 3.08. The summed E-state index contributed by atoms with van der Waals surface area (Å²) in [5, 5.41) is 16.9. The number of H-pyrrole nitrogens is 1. The van der Waals surface area contributed by atoms with Crippen LogP contribution in [0.2, 0.25) is 0 Å². The van der Waals surface area contributed by atoms with Gasteiger partial charge in [-0.1, -0.05) is 13.8 Å². The standard InChI is InChI=1S/C21H35N7O6S/c1-11(2)17(21(33)34)28-19(31)14(4-5-16(23)29)26-20(32)15(8-12-9-24-10-25-12)27-18(30)13(22)6-7-35-3/h9-11,13-15,17H,4-8,22H2,1-3H3,(H2,23,29)(H,24,25)(H,26,32)(H,27,30)(H,28,31)(H,33,34). The van der Waals surface area contributed by atoms with Gasteiger partial charge in [0, 0.05) is 24.7 Å². The molecule has 0 radical (unpaired) electrons. The van der Waals surface area contributed by atoms with E-state index < -0.39 is 59.7 Å². The predicted molar refractivity (Wildman–Crippen MR) is 130 cm³/mol. The minimum absolute atomic E-state index is 0.0285. The van der Waals surface area contributed by atoms with Crippen LogP contribution in [0.25, 0.3) is 0 Å². The average Bonchev–Trinajstić information content (AvgIpc) is 3.30. The summed E-state index contributed by atoms with van der Waals surface area (Å²) in [5.74, 6) is -3.76. The van der Waals surface area contributed by atoms with Crippen LogP contribution in [0.4, 0.5) is 0 Å². The van der Waals surface area contributed by atoms with E-state index in [1.165, 1.54) is 24.3 Å². The van der Waals surface area contributed by atoms with Crippen LogP contribution in [-0.4, -0.2) is 80.8 Å². The third-order valence-corrected chi connectivity index (χ3v) is 5.77. The molecule has 4 atom stereocenters. The normalized spacial score (nSPS) is 14.4. The Bertz CT molecular complexity index is 864. The lowest BCUT2D eigenvalue weighted by Crippen LogP contribution is -2.58. The zero-order chi connectivity index (χ0) is 26.5. The summed E-state index contributed by atoms with van der Waals surface area (Å²) >= 11 is 1.53. The number of aromatic amines is 1. The third kappa shape index (κ3) is 10.8. The molecule has 196 valence electrons. The SMILES string of the molecule is CSCCC(N)C(=O)NC(Cc1cnc[nH]1)C(=O)NC(CCC(N)=O)C(=O)NC(C(=O)O)C(C)C. The maximum absolute atomic E-state index is 13.1. The fraction of sp³-hybridized carbons (Fsp3) is 0.619. The Kier molecular flexibility index (Phi) is 12.8. The lowest BCUT2D eigenvalue weighted by atomic mass is 10.0. The number of nitrogens with one attached hydrogen (secondary N) is 4. The van der Waals surface area contributed by atoms with Gasteiger partial charge in [0.05, 0.1) is 12.4 Å². The van der Waals surface area contributed by atoms with Crippen molar-refractivity contribution < 1.29 is 29.1 Å². The second-order valence-electron chi connectivity index (χ2n) is 8.36. The molecule has 35 heavy (non-hydrogen) atoms. The second kappa shape index (κ2) is 15.0. The number of amides is 4. The summed E-state index contributed by atoms with van der Waals surface area (Å²) in [7, 11) is 0. The zero-order valence-electron chi connectivity index (χ0n) is 20.1. The Morgan fingerprint density at radius 1 is 1.06 bits per heavy atom. The van der Waals surface area contributed by atoms with Gasteiger partial charge in [-0.05, 0) is 30.8 Å². The first-order chi connectivity index (χ1) is 16.5. The van der Waals surface area contributed by atoms with Crippen molar-refractivity contribution in [2.24, 2.45) is 17.4 Å². The summed E-state index contributed by atoms with van der Waals surface area (Å²) in [4.78, 5) is 68.1. The van der Waals surface area contributed by atoms with Crippen molar-refractivity contribution in [1.29, 1.82) is 0 Å². The van der Waals surface area contributed by atoms with E-state index in [1.54, 1.807) is 13.8 Å². The maximum Gasteiger partial charge on any atom is 0.326 e. The summed E-state index contributed by atoms with van der Waals surface area (Å²) < 4.78 is 0. The van der Waals surface area contributed by atoms with Crippen LogP contribution in [-0.2, 0) is 30.4 Å². The second-order valence-corrected chi connectivity index (χ2v) is 9.35. The van der Waals surface area contributed by atoms with Crippen molar-refractivity contribution in [2.45, 2.75) is 63.7 Å². The number of aliphatic carboxylic acids is 1. The number of rotatable bonds is 16. The molecule has 0 spiro atoms. The number of nitrogens with two attached hydrogens (primary N) is 2. The molecule has 9 N–H and O–H groups in total. The highest BCUT2D eigenvalue weighted by Crippen LogP contribution is 2.07. The first-order valence-corrected chi connectivity index (χ1v) is 12.5. The van der Waals surface area contributed by atoms with Crippen molar-refractivity contribution in [3.05, 3.63) is 18.2 Å². The van der Waals surface area contributed by atoms with Crippen molar-refractivity contribution in [3.8, 4) is 0 Å². The van der Waals surface area contributed by atoms with Crippen LogP contribution in [0.15, 0.2) is 12.5 Å². The molecule has 0 fully saturated rings. The Morgan fingerprint density at radius 3 is 2.20 bits per heavy atom. The molecule has 14 heteroatoms. The number of carboxylic acid groups (broad SMARTS) is 1. The van der Waals surface area contributed by atoms with Gasteiger partial charge in [-0.2, -0.15) is 11.8 Å². The van der Waals surface area contributed by atoms with Crippen molar-refractivity contribution >= 4 is 41.4 Å². The number of imidazole rings is 1. The van der Waals surface area contributed by atoms with E-state index in [4.69, 9.17) is 11.5 Å². The number of aromatic nitrogens is 2. The molecule has 4 amide bonds. The highest BCUT2D eigenvalue weighted by Gasteiger charge is 2.31. The van der Waals surface area contributed by atoms with Crippen LogP contribution in [0.5, 0.6) is 0 Å². The number of hydrogen-bond donors (Lipinski definition) is 7. The molecular weight excluding hydrogens is 478 g/mol. The highest BCUT2D eigenvalue weighted by molar-refractivity contribution is 7.98. The van der Waals surface area contributed by atoms with E-state index >= 15 is 0 Å². The number of carbonyl (C=O) groups is 5. The van der Waals surface area contributed by atoms with Crippen LogP contribution in [0.1, 0.15) is 38.8 Å². The molecule has 4 unspecified atom stereocenters. The molecule has 0 saturated carbocycles. The van der Waals surface area contributed by atoms with Crippen LogP contribution in [0, 0.1) is 5.92 Å². The van der Waals surface area contributed by atoms with E-state index in [0.717, 1.165) is 0 Å². The van der Waals surface area contributed by atoms with E-state index in [0.29, 0.717) is 17.9 Å². The number of hydrogen-bond acceptors (Lipinski definition) is 8. The molecule has 0 saturated heterocycles. The summed E-state index contributed by atoms with van der Waals surface area (Å²) in [5.41, 5.74) is 11.7. The summed E-state index contributed by atoms with van der Waals surface area (Å²) in [6, 6.07) is -4.42. The Labute approximate surface area is 207 Å². The van der Waals surface area contributed by atoms with E-state index in [9.17, 15) is 29.1 Å². The van der Waals surface area contributed by atoms with Gasteiger partial charge in [-0.15, -0.1) is 0 Å². The average molecular weight is 514 g/mol. The van der Waals surface area contributed by atoms with E-state index in [1.807, 2.05) is 6.26 Å². The lowest BCUT2D eigenvalue weighted by Gasteiger charge is -2.25. The fourth-order valence-corrected chi connectivity index (χ4v) is 3.56. The van der Waals surface area contributed by atoms with Gasteiger partial charge in [0.1, 0.15) is 18.1 Å². The summed E-state index contributed by atoms with van der Waals surface area (Å²) in [6.45, 7) is 3.23. The Hall–Kier alpha value is -3.13. The van der Waals surface area contributed by atoms with Gasteiger partial charge in [-0.25, -0.2) is 9.78 Å². The van der Waals surface area contributed by atoms with E-state index in [2.05, 4.69) is 25.9 Å². The molecule has 0 bridgehead atoms. The van der Waals surface area contributed by atoms with Gasteiger partial charge in [0.25, 0.3) is 0 Å². The highest BCUT2D eigenvalue weighted by atomic mass is 32.2. The molecule has 1 heterocycles. The molecule has 1 aromatic rings. The van der Waals surface area contributed by atoms with Crippen LogP contribution >= 0.6 is 11.8 Å². The maximum atomic E-state index is 13.1. The molecular formula is C21H35N7O6S. The molecule has 0 aliphatic carbocycles. The molecule has 1 rings (SSSR count). The number of thioether (sulfide) groups is 1. The topological polar surface area (TPSA) is 222 Å². The number of carbonyl (C=O) groups excluding carboxylic acids is 4. The predicted octanol–water partition coefficient (Wildman–Crippen LogP) is -1.51. The molecule has 13 nitrogen and oxygen atoms in total. The zero-order valence-corrected chi connectivity index (χ0v) is 20.9. The van der Waals surface area contributed by atoms with Gasteiger partial charge < -0.3 is 37.5 Å². The van der Waals surface area contributed by atoms with Gasteiger partial charge >= 0.3 is 5.97 Å². The first-order valence-electron chi connectivity index (χ1n) is 11.1. The van der Waals surface area contributed by atoms with Crippen molar-refractivity contribution in [2.75, 3.05) is 12.0 Å². The van der Waals surface area contributed by atoms with Gasteiger partial charge in [0.2, 0.25) is 23.6 Å². The van der Waals surface area contributed by atoms with Gasteiger partial charge in [0.15, 0.2) is 0 Å². The summed E-state index contributed by atoms with van der Waals surface area (Å²) in [6.07, 6.45) is 4.82. The Morgan fingerprint density at radius 2 is 1.69 bits per heavy atom. The Balaban J connectivity index is 3.06. The monoisotopic (exact) mass is 513 g/mol. The molecule has 0 aliphatic heterocycles. The van der Waals surface area contributed by atoms with Crippen LogP contribution < -0.4 is 27.4 Å². The molecule has 0 aliphatic rings.